The summed E-state index contributed by atoms with van der Waals surface area (Å²) < 4.78 is 0. The van der Waals surface area contributed by atoms with Gasteiger partial charge in [0.1, 0.15) is 0 Å². The van der Waals surface area contributed by atoms with Crippen molar-refractivity contribution in [2.45, 2.75) is 83.6 Å². The van der Waals surface area contributed by atoms with Gasteiger partial charge in [0.2, 0.25) is 0 Å². The Morgan fingerprint density at radius 1 is 1.00 bits per heavy atom. The van der Waals surface area contributed by atoms with Gasteiger partial charge >= 0.3 is 0 Å². The topological polar surface area (TPSA) is 29.3 Å². The first-order chi connectivity index (χ1) is 9.74. The largest absolute Gasteiger partial charge is 0.329 e. The summed E-state index contributed by atoms with van der Waals surface area (Å²) in [6.07, 6.45) is 13.9. The molecule has 0 aromatic carbocycles. The Labute approximate surface area is 126 Å². The summed E-state index contributed by atoms with van der Waals surface area (Å²) >= 11 is 0. The van der Waals surface area contributed by atoms with Crippen LogP contribution in [-0.4, -0.2) is 30.1 Å². The highest BCUT2D eigenvalue weighted by molar-refractivity contribution is 4.96. The summed E-state index contributed by atoms with van der Waals surface area (Å²) in [5.41, 5.74) is 6.61. The fourth-order valence-corrected chi connectivity index (χ4v) is 4.61. The molecular weight excluding hydrogens is 244 g/mol. The van der Waals surface area contributed by atoms with Gasteiger partial charge in [0.15, 0.2) is 0 Å². The summed E-state index contributed by atoms with van der Waals surface area (Å²) in [5, 5.41) is 0. The molecule has 2 rings (SSSR count). The fourth-order valence-electron chi connectivity index (χ4n) is 4.61. The van der Waals surface area contributed by atoms with Crippen LogP contribution in [0.15, 0.2) is 0 Å². The zero-order chi connectivity index (χ0) is 14.4. The summed E-state index contributed by atoms with van der Waals surface area (Å²) in [5.74, 6) is 1.95. The molecular formula is C18H36N2. The third-order valence-corrected chi connectivity index (χ3v) is 6.21. The van der Waals surface area contributed by atoms with E-state index < -0.39 is 0 Å². The lowest BCUT2D eigenvalue weighted by Gasteiger charge is -2.47. The van der Waals surface area contributed by atoms with Crippen molar-refractivity contribution in [3.8, 4) is 0 Å². The smallest absolute Gasteiger partial charge is 0.0331 e. The highest BCUT2D eigenvalue weighted by atomic mass is 15.2. The number of nitrogens with two attached hydrogens (primary N) is 1. The molecule has 2 fully saturated rings. The molecule has 0 aromatic heterocycles. The highest BCUT2D eigenvalue weighted by Gasteiger charge is 2.39. The molecule has 1 saturated heterocycles. The van der Waals surface area contributed by atoms with Gasteiger partial charge in [-0.25, -0.2) is 0 Å². The number of hydrogen-bond donors (Lipinski definition) is 1. The summed E-state index contributed by atoms with van der Waals surface area (Å²) in [7, 11) is 0. The Morgan fingerprint density at radius 3 is 2.35 bits per heavy atom. The van der Waals surface area contributed by atoms with Gasteiger partial charge in [-0.05, 0) is 69.9 Å². The van der Waals surface area contributed by atoms with Crippen LogP contribution < -0.4 is 5.73 Å². The van der Waals surface area contributed by atoms with E-state index in [9.17, 15) is 0 Å². The summed E-state index contributed by atoms with van der Waals surface area (Å²) in [4.78, 5) is 2.80. The Balaban J connectivity index is 1.94. The molecule has 1 unspecified atom stereocenters. The second kappa shape index (κ2) is 7.79. The van der Waals surface area contributed by atoms with E-state index in [-0.39, 0.29) is 0 Å². The van der Waals surface area contributed by atoms with Crippen molar-refractivity contribution in [1.29, 1.82) is 0 Å². The van der Waals surface area contributed by atoms with Gasteiger partial charge in [-0.2, -0.15) is 0 Å². The first kappa shape index (κ1) is 16.3. The Bertz CT molecular complexity index is 269. The average Bonchev–Trinajstić information content (AvgIpc) is 2.74. The van der Waals surface area contributed by atoms with Crippen LogP contribution in [0.2, 0.25) is 0 Å². The van der Waals surface area contributed by atoms with Gasteiger partial charge in [0, 0.05) is 12.1 Å². The summed E-state index contributed by atoms with van der Waals surface area (Å²) in [6.45, 7) is 8.16. The van der Waals surface area contributed by atoms with Crippen molar-refractivity contribution < 1.29 is 0 Å². The van der Waals surface area contributed by atoms with E-state index in [1.807, 2.05) is 0 Å². The van der Waals surface area contributed by atoms with E-state index in [0.717, 1.165) is 18.4 Å². The quantitative estimate of drug-likeness (QED) is 0.818. The van der Waals surface area contributed by atoms with E-state index in [2.05, 4.69) is 18.7 Å². The molecule has 0 radical (unpaired) electrons. The summed E-state index contributed by atoms with van der Waals surface area (Å²) in [6, 6.07) is 0. The molecule has 0 spiro atoms. The number of likely N-dealkylation sites (tertiary alicyclic amines) is 1. The van der Waals surface area contributed by atoms with Crippen molar-refractivity contribution in [1.82, 2.24) is 4.90 Å². The van der Waals surface area contributed by atoms with Gasteiger partial charge < -0.3 is 5.73 Å². The first-order valence-electron chi connectivity index (χ1n) is 9.19. The minimum absolute atomic E-state index is 0.354. The Kier molecular flexibility index (Phi) is 6.35. The molecule has 1 saturated carbocycles. The van der Waals surface area contributed by atoms with Gasteiger partial charge in [0.25, 0.3) is 0 Å². The van der Waals surface area contributed by atoms with Crippen LogP contribution in [0.5, 0.6) is 0 Å². The maximum atomic E-state index is 6.26. The average molecular weight is 280 g/mol. The molecule has 0 bridgehead atoms. The second-order valence-electron chi connectivity index (χ2n) is 7.35. The zero-order valence-electron chi connectivity index (χ0n) is 13.9. The van der Waals surface area contributed by atoms with Crippen LogP contribution in [0.25, 0.3) is 0 Å². The van der Waals surface area contributed by atoms with E-state index >= 15 is 0 Å². The molecule has 20 heavy (non-hydrogen) atoms. The van der Waals surface area contributed by atoms with E-state index in [0.29, 0.717) is 5.54 Å². The van der Waals surface area contributed by atoms with E-state index in [1.54, 1.807) is 0 Å². The Hall–Kier alpha value is -0.0800. The molecule has 0 aromatic rings. The molecule has 1 aliphatic carbocycles. The van der Waals surface area contributed by atoms with Crippen LogP contribution in [0.1, 0.15) is 78.1 Å². The number of nitrogens with zero attached hydrogens (tertiary/aromatic N) is 1. The minimum Gasteiger partial charge on any atom is -0.329 e. The van der Waals surface area contributed by atoms with Crippen molar-refractivity contribution in [2.75, 3.05) is 19.6 Å². The normalized spacial score (nSPS) is 36.8. The molecule has 1 atom stereocenters. The molecule has 2 nitrogen and oxygen atoms in total. The Morgan fingerprint density at radius 2 is 1.75 bits per heavy atom. The third kappa shape index (κ3) is 3.76. The van der Waals surface area contributed by atoms with E-state index in [1.165, 1.54) is 77.3 Å². The minimum atomic E-state index is 0.354. The number of hydrogen-bond acceptors (Lipinski definition) is 2. The third-order valence-electron chi connectivity index (χ3n) is 6.21. The van der Waals surface area contributed by atoms with Crippen molar-refractivity contribution >= 4 is 0 Å². The van der Waals surface area contributed by atoms with Crippen molar-refractivity contribution in [3.63, 3.8) is 0 Å². The van der Waals surface area contributed by atoms with Crippen LogP contribution in [0.3, 0.4) is 0 Å². The maximum Gasteiger partial charge on any atom is 0.0331 e. The monoisotopic (exact) mass is 280 g/mol. The SMILES string of the molecule is CCCC1CCCN(C2(CN)CCC(CC)CC2)CC1. The number of rotatable bonds is 5. The molecule has 1 aliphatic heterocycles. The lowest BCUT2D eigenvalue weighted by Crippen LogP contribution is -2.56. The molecule has 2 N–H and O–H groups in total. The van der Waals surface area contributed by atoms with Gasteiger partial charge in [-0.1, -0.05) is 33.1 Å². The lowest BCUT2D eigenvalue weighted by molar-refractivity contribution is 0.0434. The van der Waals surface area contributed by atoms with Gasteiger partial charge in [-0.3, -0.25) is 4.90 Å². The predicted molar refractivity (Wildman–Crippen MR) is 87.9 cm³/mol. The van der Waals surface area contributed by atoms with E-state index in [4.69, 9.17) is 5.73 Å². The second-order valence-corrected chi connectivity index (χ2v) is 7.35. The molecule has 2 aliphatic rings. The zero-order valence-corrected chi connectivity index (χ0v) is 13.9. The van der Waals surface area contributed by atoms with Crippen molar-refractivity contribution in [2.24, 2.45) is 17.6 Å². The fraction of sp³-hybridized carbons (Fsp3) is 1.00. The first-order valence-corrected chi connectivity index (χ1v) is 9.19. The predicted octanol–water partition coefficient (Wildman–Crippen LogP) is 4.19. The molecule has 2 heteroatoms. The standard InChI is InChI=1S/C18H36N2/c1-3-6-17-7-5-13-20(14-10-17)18(15-19)11-8-16(4-2)9-12-18/h16-17H,3-15,19H2,1-2H3. The van der Waals surface area contributed by atoms with Crippen LogP contribution in [0.4, 0.5) is 0 Å². The van der Waals surface area contributed by atoms with Gasteiger partial charge in [0.05, 0.1) is 0 Å². The maximum absolute atomic E-state index is 6.26. The van der Waals surface area contributed by atoms with Crippen LogP contribution >= 0.6 is 0 Å². The van der Waals surface area contributed by atoms with Gasteiger partial charge in [-0.15, -0.1) is 0 Å². The lowest BCUT2D eigenvalue weighted by atomic mass is 9.74. The molecule has 118 valence electrons. The van der Waals surface area contributed by atoms with Crippen LogP contribution in [0, 0.1) is 11.8 Å². The highest BCUT2D eigenvalue weighted by Crippen LogP contribution is 2.38. The molecule has 0 amide bonds. The van der Waals surface area contributed by atoms with Crippen LogP contribution in [-0.2, 0) is 0 Å². The molecule has 1 heterocycles. The van der Waals surface area contributed by atoms with Crippen molar-refractivity contribution in [3.05, 3.63) is 0 Å².